The maximum absolute atomic E-state index is 13.4. The number of thioether (sulfide) groups is 1. The first-order valence-electron chi connectivity index (χ1n) is 14.5. The zero-order valence-electron chi connectivity index (χ0n) is 25.4. The molecule has 0 aliphatic carbocycles. The van der Waals surface area contributed by atoms with Crippen molar-refractivity contribution >= 4 is 46.4 Å². The topological polar surface area (TPSA) is 223 Å². The Kier molecular flexibility index (Phi) is 15.6. The molecule has 5 amide bonds. The quantitative estimate of drug-likeness (QED) is 0.115. The number of aromatic hydroxyl groups is 1. The number of nitrogens with one attached hydrogen (secondary N) is 4. The minimum atomic E-state index is -1.06. The van der Waals surface area contributed by atoms with Gasteiger partial charge in [0.25, 0.3) is 0 Å². The summed E-state index contributed by atoms with van der Waals surface area (Å²) in [6.45, 7) is 2.91. The summed E-state index contributed by atoms with van der Waals surface area (Å²) in [5.41, 5.74) is 12.6. The van der Waals surface area contributed by atoms with E-state index in [0.29, 0.717) is 6.42 Å². The molecular weight excluding hydrogens is 600 g/mol. The maximum atomic E-state index is 13.4. The van der Waals surface area contributed by atoms with E-state index in [1.54, 1.807) is 36.4 Å². The van der Waals surface area contributed by atoms with Crippen LogP contribution in [-0.2, 0) is 41.6 Å². The Morgan fingerprint density at radius 1 is 0.778 bits per heavy atom. The third-order valence-electron chi connectivity index (χ3n) is 6.43. The van der Waals surface area contributed by atoms with E-state index in [1.165, 1.54) is 12.1 Å². The molecule has 0 fully saturated rings. The van der Waals surface area contributed by atoms with Crippen LogP contribution >= 0.6 is 11.8 Å². The molecule has 2 aromatic carbocycles. The standard InChI is InChI=1S/C31H42N6O7S/c1-19(2)14-25(31(44)45-13-12-26(33)39)37-30(43)24(16-20-6-4-3-5-7-20)36-28(41)18-34-27(40)17-35-29(42)23(32)15-21-8-10-22(38)11-9-21/h3-11,19,23-25,38H,12-18,32H2,1-2H3,(H2,33,39)(H,34,40)(H,35,42)(H,36,41)(H,37,43)/t23-,24-,25-/m0/s1. The Hall–Kier alpha value is -4.43. The number of carbonyl (C=O) groups is 6. The second-order valence-corrected chi connectivity index (χ2v) is 12.0. The number of nitrogens with two attached hydrogens (primary N) is 2. The molecule has 0 radical (unpaired) electrons. The van der Waals surface area contributed by atoms with Crippen LogP contribution in [0, 0.1) is 5.92 Å². The van der Waals surface area contributed by atoms with E-state index < -0.39 is 60.8 Å². The van der Waals surface area contributed by atoms with Crippen LogP contribution in [0.25, 0.3) is 0 Å². The van der Waals surface area contributed by atoms with Crippen molar-refractivity contribution in [2.24, 2.45) is 17.4 Å². The van der Waals surface area contributed by atoms with Crippen molar-refractivity contribution in [3.8, 4) is 5.75 Å². The minimum Gasteiger partial charge on any atom is -0.508 e. The molecule has 0 saturated heterocycles. The molecule has 0 heterocycles. The predicted octanol–water partition coefficient (Wildman–Crippen LogP) is -0.112. The second-order valence-electron chi connectivity index (χ2n) is 10.9. The first-order chi connectivity index (χ1) is 21.3. The summed E-state index contributed by atoms with van der Waals surface area (Å²) in [5, 5.41) is 19.2. The Labute approximate surface area is 266 Å². The number of primary amides is 1. The fourth-order valence-corrected chi connectivity index (χ4v) is 4.99. The summed E-state index contributed by atoms with van der Waals surface area (Å²) in [6, 6.07) is 12.3. The van der Waals surface area contributed by atoms with Gasteiger partial charge < -0.3 is 37.8 Å². The van der Waals surface area contributed by atoms with Gasteiger partial charge in [0.15, 0.2) is 0 Å². The van der Waals surface area contributed by atoms with Crippen molar-refractivity contribution < 1.29 is 33.9 Å². The normalized spacial score (nSPS) is 12.8. The zero-order chi connectivity index (χ0) is 33.4. The first-order valence-corrected chi connectivity index (χ1v) is 15.5. The van der Waals surface area contributed by atoms with E-state index in [0.717, 1.165) is 22.9 Å². The summed E-state index contributed by atoms with van der Waals surface area (Å²) in [6.07, 6.45) is 0.684. The lowest BCUT2D eigenvalue weighted by molar-refractivity contribution is -0.131. The molecule has 0 unspecified atom stereocenters. The van der Waals surface area contributed by atoms with Crippen LogP contribution in [-0.4, -0.2) is 76.7 Å². The lowest BCUT2D eigenvalue weighted by Crippen LogP contribution is -2.54. The Morgan fingerprint density at radius 2 is 1.40 bits per heavy atom. The van der Waals surface area contributed by atoms with Crippen molar-refractivity contribution in [2.75, 3.05) is 18.8 Å². The molecule has 0 saturated carbocycles. The summed E-state index contributed by atoms with van der Waals surface area (Å²) in [7, 11) is 0. The number of amides is 5. The smallest absolute Gasteiger partial charge is 0.243 e. The average Bonchev–Trinajstić information content (AvgIpc) is 2.99. The largest absolute Gasteiger partial charge is 0.508 e. The van der Waals surface area contributed by atoms with Gasteiger partial charge in [-0.25, -0.2) is 0 Å². The molecule has 0 aliphatic rings. The molecule has 0 aromatic heterocycles. The van der Waals surface area contributed by atoms with Gasteiger partial charge >= 0.3 is 0 Å². The molecule has 0 spiro atoms. The lowest BCUT2D eigenvalue weighted by Gasteiger charge is -2.24. The zero-order valence-corrected chi connectivity index (χ0v) is 26.2. The van der Waals surface area contributed by atoms with Crippen LogP contribution in [0.4, 0.5) is 0 Å². The minimum absolute atomic E-state index is 0.0213. The number of carbonyl (C=O) groups excluding carboxylic acids is 6. The average molecular weight is 643 g/mol. The van der Waals surface area contributed by atoms with E-state index in [9.17, 15) is 33.9 Å². The molecule has 45 heavy (non-hydrogen) atoms. The summed E-state index contributed by atoms with van der Waals surface area (Å²) >= 11 is 0.911. The fraction of sp³-hybridized carbons (Fsp3) is 0.419. The molecule has 2 rings (SSSR count). The molecule has 0 aliphatic heterocycles. The highest BCUT2D eigenvalue weighted by Gasteiger charge is 2.28. The molecule has 9 N–H and O–H groups in total. The molecule has 3 atom stereocenters. The fourth-order valence-electron chi connectivity index (χ4n) is 4.13. The molecule has 244 valence electrons. The third-order valence-corrected chi connectivity index (χ3v) is 7.41. The first kappa shape index (κ1) is 36.8. The van der Waals surface area contributed by atoms with Crippen molar-refractivity contribution in [3.63, 3.8) is 0 Å². The lowest BCUT2D eigenvalue weighted by atomic mass is 10.0. The van der Waals surface area contributed by atoms with Gasteiger partial charge in [0, 0.05) is 18.6 Å². The van der Waals surface area contributed by atoms with Crippen molar-refractivity contribution in [1.29, 1.82) is 0 Å². The highest BCUT2D eigenvalue weighted by atomic mass is 32.2. The van der Waals surface area contributed by atoms with Crippen LogP contribution in [0.5, 0.6) is 5.75 Å². The number of phenols is 1. The highest BCUT2D eigenvalue weighted by molar-refractivity contribution is 8.13. The highest BCUT2D eigenvalue weighted by Crippen LogP contribution is 2.15. The number of hydrogen-bond acceptors (Lipinski definition) is 9. The van der Waals surface area contributed by atoms with Crippen LogP contribution in [0.15, 0.2) is 54.6 Å². The number of rotatable bonds is 18. The Bertz CT molecular complexity index is 1310. The summed E-state index contributed by atoms with van der Waals surface area (Å²) in [4.78, 5) is 74.7. The van der Waals surface area contributed by atoms with Crippen molar-refractivity contribution in [3.05, 3.63) is 65.7 Å². The van der Waals surface area contributed by atoms with Gasteiger partial charge in [-0.1, -0.05) is 68.1 Å². The molecule has 14 heteroatoms. The van der Waals surface area contributed by atoms with E-state index in [4.69, 9.17) is 11.5 Å². The predicted molar refractivity (Wildman–Crippen MR) is 171 cm³/mol. The van der Waals surface area contributed by atoms with Crippen LogP contribution < -0.4 is 32.7 Å². The van der Waals surface area contributed by atoms with E-state index in [1.807, 2.05) is 19.9 Å². The number of phenolic OH excluding ortho intramolecular Hbond substituents is 1. The third kappa shape index (κ3) is 14.7. The van der Waals surface area contributed by atoms with Crippen LogP contribution in [0.2, 0.25) is 0 Å². The van der Waals surface area contributed by atoms with E-state index in [2.05, 4.69) is 21.3 Å². The van der Waals surface area contributed by atoms with Gasteiger partial charge in [-0.15, -0.1) is 0 Å². The number of benzene rings is 2. The monoisotopic (exact) mass is 642 g/mol. The number of hydrogen-bond donors (Lipinski definition) is 7. The van der Waals surface area contributed by atoms with Gasteiger partial charge in [0.2, 0.25) is 34.7 Å². The Morgan fingerprint density at radius 3 is 2.02 bits per heavy atom. The summed E-state index contributed by atoms with van der Waals surface area (Å²) in [5.74, 6) is -2.64. The van der Waals surface area contributed by atoms with Crippen LogP contribution in [0.3, 0.4) is 0 Å². The van der Waals surface area contributed by atoms with Gasteiger partial charge in [-0.3, -0.25) is 28.8 Å². The maximum Gasteiger partial charge on any atom is 0.243 e. The van der Waals surface area contributed by atoms with Gasteiger partial charge in [0.1, 0.15) is 11.8 Å². The SMILES string of the molecule is CC(C)C[C@H](NC(=O)[C@H](Cc1ccccc1)NC(=O)CNC(=O)CNC(=O)[C@@H](N)Cc1ccc(O)cc1)C(=O)SCCC(N)=O. The second kappa shape index (κ2) is 19.1. The van der Waals surface area contributed by atoms with Gasteiger partial charge in [-0.2, -0.15) is 0 Å². The Balaban J connectivity index is 1.95. The van der Waals surface area contributed by atoms with Crippen LogP contribution in [0.1, 0.15) is 37.8 Å². The molecular formula is C31H42N6O7S. The van der Waals surface area contributed by atoms with Crippen molar-refractivity contribution in [1.82, 2.24) is 21.3 Å². The van der Waals surface area contributed by atoms with Crippen molar-refractivity contribution in [2.45, 2.75) is 57.7 Å². The van der Waals surface area contributed by atoms with Gasteiger partial charge in [-0.05, 0) is 42.0 Å². The van der Waals surface area contributed by atoms with E-state index in [-0.39, 0.29) is 41.8 Å². The summed E-state index contributed by atoms with van der Waals surface area (Å²) < 4.78 is 0. The molecule has 2 aromatic rings. The van der Waals surface area contributed by atoms with Gasteiger partial charge in [0.05, 0.1) is 25.2 Å². The van der Waals surface area contributed by atoms with E-state index >= 15 is 0 Å². The molecule has 0 bridgehead atoms. The molecule has 13 nitrogen and oxygen atoms in total.